The molecule has 3 aromatic carbocycles. The van der Waals surface area contributed by atoms with Crippen LogP contribution in [-0.2, 0) is 21.0 Å². The average Bonchev–Trinajstić information content (AvgIpc) is 3.83. The number of aryl methyl sites for hydroxylation is 1. The Morgan fingerprint density at radius 1 is 0.736 bits per heavy atom. The van der Waals surface area contributed by atoms with Crippen molar-refractivity contribution in [2.45, 2.75) is 78.6 Å². The Hall–Kier alpha value is -4.98. The summed E-state index contributed by atoms with van der Waals surface area (Å²) in [7, 11) is 0. The van der Waals surface area contributed by atoms with Gasteiger partial charge in [0.05, 0.1) is 27.7 Å². The Labute approximate surface area is 319 Å². The van der Waals surface area contributed by atoms with Crippen molar-refractivity contribution in [3.05, 3.63) is 141 Å². The van der Waals surface area contributed by atoms with Crippen LogP contribution in [0.4, 0.5) is 0 Å². The summed E-state index contributed by atoms with van der Waals surface area (Å²) in [6.45, 7) is 23.6. The number of ketones is 1. The molecule has 2 N–H and O–H groups in total. The molecule has 0 atom stereocenters. The molecule has 0 saturated carbocycles. The fraction of sp³-hybridized carbons (Fsp3) is 0.261. The van der Waals surface area contributed by atoms with Gasteiger partial charge < -0.3 is 14.8 Å². The first-order valence-electron chi connectivity index (χ1n) is 17.8. The second kappa shape index (κ2) is 12.6. The molecule has 3 heterocycles. The van der Waals surface area contributed by atoms with Crippen LogP contribution in [0.1, 0.15) is 92.9 Å². The van der Waals surface area contributed by atoms with Gasteiger partial charge in [0.2, 0.25) is 5.78 Å². The number of aliphatic hydroxyl groups excluding tert-OH is 1. The zero-order valence-corrected chi connectivity index (χ0v) is 33.4. The molecule has 7 rings (SSSR count). The van der Waals surface area contributed by atoms with E-state index in [0.717, 1.165) is 25.9 Å². The number of aromatic nitrogens is 1. The Morgan fingerprint density at radius 2 is 1.28 bits per heavy atom. The van der Waals surface area contributed by atoms with Gasteiger partial charge in [-0.2, -0.15) is 0 Å². The lowest BCUT2D eigenvalue weighted by molar-refractivity contribution is -0.111. The monoisotopic (exact) mass is 739 g/mol. The maximum absolute atomic E-state index is 13.5. The Bertz CT molecular complexity index is 2520. The molecule has 5 nitrogen and oxygen atoms in total. The van der Waals surface area contributed by atoms with Gasteiger partial charge in [0.1, 0.15) is 10.8 Å². The summed E-state index contributed by atoms with van der Waals surface area (Å²) in [6, 6.07) is 26.9. The summed E-state index contributed by atoms with van der Waals surface area (Å²) in [5.41, 5.74) is 7.37. The van der Waals surface area contributed by atoms with Gasteiger partial charge in [-0.05, 0) is 112 Å². The van der Waals surface area contributed by atoms with E-state index in [1.54, 1.807) is 35.6 Å². The first-order valence-corrected chi connectivity index (χ1v) is 19.4. The molecule has 53 heavy (non-hydrogen) atoms. The van der Waals surface area contributed by atoms with Gasteiger partial charge in [0, 0.05) is 30.8 Å². The van der Waals surface area contributed by atoms with Crippen molar-refractivity contribution in [3.8, 4) is 14.8 Å². The quantitative estimate of drug-likeness (QED) is 0.160. The van der Waals surface area contributed by atoms with E-state index >= 15 is 0 Å². The topological polar surface area (TPSA) is 79.5 Å². The first kappa shape index (κ1) is 36.4. The molecule has 0 radical (unpaired) electrons. The van der Waals surface area contributed by atoms with Crippen LogP contribution in [0.25, 0.3) is 42.1 Å². The summed E-state index contributed by atoms with van der Waals surface area (Å²) in [5, 5.41) is 24.3. The molecule has 0 aliphatic heterocycles. The predicted molar refractivity (Wildman–Crippen MR) is 222 cm³/mol. The van der Waals surface area contributed by atoms with E-state index in [9.17, 15) is 19.8 Å². The zero-order valence-electron chi connectivity index (χ0n) is 31.8. The number of hydrogen-bond donors (Lipinski definition) is 2. The molecular formula is C46H45NO4S2. The molecule has 0 bridgehead atoms. The summed E-state index contributed by atoms with van der Waals surface area (Å²) >= 11 is 3.20. The van der Waals surface area contributed by atoms with Gasteiger partial charge in [0.25, 0.3) is 0 Å². The highest BCUT2D eigenvalue weighted by molar-refractivity contribution is 7.24. The van der Waals surface area contributed by atoms with Crippen molar-refractivity contribution in [1.82, 2.24) is 4.57 Å². The standard InChI is InChI=1S/C46H45NO4S2/c1-25-11-12-27(43(50)51)22-33(25)46(9,10)26(2)21-32-41(48)40(42(32)49)38-18-17-36(52-38)37-19-20-39(53-37)47-34-15-13-28(44(3,4)5)23-30(34)31-24-29(45(6,7)8)14-16-35(31)47/h11-24,48H,2H2,1,3-10H3,(H,50,51)/b32-21-. The Balaban J connectivity index is 1.21. The molecular weight excluding hydrogens is 695 g/mol. The summed E-state index contributed by atoms with van der Waals surface area (Å²) in [4.78, 5) is 28.0. The van der Waals surface area contributed by atoms with Crippen LogP contribution in [0.15, 0.2) is 108 Å². The average molecular weight is 740 g/mol. The minimum Gasteiger partial charge on any atom is -0.506 e. The normalized spacial score (nSPS) is 14.8. The lowest BCUT2D eigenvalue weighted by Crippen LogP contribution is -2.24. The van der Waals surface area contributed by atoms with Crippen molar-refractivity contribution >= 4 is 61.8 Å². The van der Waals surface area contributed by atoms with Gasteiger partial charge in [0.15, 0.2) is 0 Å². The van der Waals surface area contributed by atoms with Crippen LogP contribution in [0.3, 0.4) is 0 Å². The van der Waals surface area contributed by atoms with E-state index in [1.165, 1.54) is 44.3 Å². The van der Waals surface area contributed by atoms with E-state index < -0.39 is 11.4 Å². The molecule has 1 aliphatic rings. The number of aliphatic hydroxyl groups is 1. The highest BCUT2D eigenvalue weighted by Gasteiger charge is 2.37. The lowest BCUT2D eigenvalue weighted by Gasteiger charge is -2.30. The highest BCUT2D eigenvalue weighted by Crippen LogP contribution is 2.46. The number of carbonyl (C=O) groups is 2. The molecule has 6 aromatic rings. The third kappa shape index (κ3) is 6.20. The molecule has 0 saturated heterocycles. The number of benzene rings is 3. The van der Waals surface area contributed by atoms with E-state index in [4.69, 9.17) is 0 Å². The number of aromatic carboxylic acids is 1. The largest absolute Gasteiger partial charge is 0.506 e. The van der Waals surface area contributed by atoms with Gasteiger partial charge in [-0.1, -0.05) is 80.2 Å². The maximum Gasteiger partial charge on any atom is 0.335 e. The number of carbonyl (C=O) groups excluding carboxylic acids is 1. The van der Waals surface area contributed by atoms with Crippen LogP contribution in [-0.4, -0.2) is 26.5 Å². The SMILES string of the molecule is C=C(/C=C1\C(=O)C(c2ccc(-c3ccc(-n4c5ccc(C(C)(C)C)cc5c5cc(C(C)(C)C)ccc54)s3)s2)=C1O)C(C)(C)c1cc(C(=O)O)ccc1C. The third-order valence-electron chi connectivity index (χ3n) is 10.6. The van der Waals surface area contributed by atoms with Crippen LogP contribution >= 0.6 is 22.7 Å². The second-order valence-corrected chi connectivity index (χ2v) is 18.8. The molecule has 1 aliphatic carbocycles. The van der Waals surface area contributed by atoms with Crippen molar-refractivity contribution < 1.29 is 19.8 Å². The Morgan fingerprint density at radius 3 is 1.83 bits per heavy atom. The Kier molecular flexibility index (Phi) is 8.63. The molecule has 0 amide bonds. The van der Waals surface area contributed by atoms with Crippen molar-refractivity contribution in [2.24, 2.45) is 0 Å². The number of rotatable bonds is 7. The van der Waals surface area contributed by atoms with Crippen molar-refractivity contribution in [1.29, 1.82) is 0 Å². The summed E-state index contributed by atoms with van der Waals surface area (Å²) in [5.74, 6) is -1.28. The van der Waals surface area contributed by atoms with Gasteiger partial charge in [-0.3, -0.25) is 4.79 Å². The molecule has 3 aromatic heterocycles. The van der Waals surface area contributed by atoms with E-state index in [0.29, 0.717) is 16.0 Å². The van der Waals surface area contributed by atoms with E-state index in [1.807, 2.05) is 32.9 Å². The fourth-order valence-electron chi connectivity index (χ4n) is 7.12. The molecule has 270 valence electrons. The smallest absolute Gasteiger partial charge is 0.335 e. The predicted octanol–water partition coefficient (Wildman–Crippen LogP) is 12.5. The number of allylic oxidation sites excluding steroid dienone is 4. The molecule has 0 fully saturated rings. The van der Waals surface area contributed by atoms with Gasteiger partial charge in [-0.25, -0.2) is 4.79 Å². The summed E-state index contributed by atoms with van der Waals surface area (Å²) < 4.78 is 2.36. The number of Topliss-reactive ketones (excluding diaryl/α,β-unsaturated/α-hetero) is 1. The van der Waals surface area contributed by atoms with Crippen LogP contribution in [0.5, 0.6) is 0 Å². The summed E-state index contributed by atoms with van der Waals surface area (Å²) in [6.07, 6.45) is 1.63. The number of hydrogen-bond acceptors (Lipinski definition) is 5. The number of carboxylic acids is 1. The minimum atomic E-state index is -1.00. The van der Waals surface area contributed by atoms with Crippen LogP contribution in [0.2, 0.25) is 0 Å². The number of fused-ring (bicyclic) bond motifs is 3. The number of carboxylic acid groups (broad SMARTS) is 1. The molecule has 0 spiro atoms. The van der Waals surface area contributed by atoms with Gasteiger partial charge >= 0.3 is 5.97 Å². The van der Waals surface area contributed by atoms with E-state index in [-0.39, 0.29) is 33.5 Å². The first-order chi connectivity index (χ1) is 24.8. The molecule has 0 unspecified atom stereocenters. The minimum absolute atomic E-state index is 0.0270. The van der Waals surface area contributed by atoms with Crippen molar-refractivity contribution in [3.63, 3.8) is 0 Å². The highest BCUT2D eigenvalue weighted by atomic mass is 32.1. The molecule has 7 heteroatoms. The maximum atomic E-state index is 13.5. The third-order valence-corrected chi connectivity index (χ3v) is 13.0. The fourth-order valence-corrected chi connectivity index (χ4v) is 9.29. The van der Waals surface area contributed by atoms with Gasteiger partial charge in [-0.15, -0.1) is 22.7 Å². The van der Waals surface area contributed by atoms with Crippen LogP contribution in [0, 0.1) is 6.92 Å². The van der Waals surface area contributed by atoms with Crippen LogP contribution < -0.4 is 0 Å². The zero-order chi connectivity index (χ0) is 38.4. The van der Waals surface area contributed by atoms with E-state index in [2.05, 4.69) is 101 Å². The lowest BCUT2D eigenvalue weighted by atomic mass is 9.74. The number of nitrogens with zero attached hydrogens (tertiary/aromatic N) is 1. The van der Waals surface area contributed by atoms with Crippen molar-refractivity contribution in [2.75, 3.05) is 0 Å². The second-order valence-electron chi connectivity index (χ2n) is 16.7. The number of thiophene rings is 2.